The third-order valence-corrected chi connectivity index (χ3v) is 10.8. The van der Waals surface area contributed by atoms with Crippen molar-refractivity contribution < 1.29 is 19.4 Å². The summed E-state index contributed by atoms with van der Waals surface area (Å²) in [4.78, 5) is 23.3. The number of hydrogen-bond acceptors (Lipinski definition) is 3. The number of carboxylic acid groups (broad SMARTS) is 1. The van der Waals surface area contributed by atoms with Gasteiger partial charge in [0, 0.05) is 19.3 Å². The Bertz CT molecular complexity index is 703. The summed E-state index contributed by atoms with van der Waals surface area (Å²) in [5, 5.41) is 9.18. The molecule has 4 saturated carbocycles. The van der Waals surface area contributed by atoms with Crippen LogP contribution in [-0.2, 0) is 14.3 Å². The Morgan fingerprint density at radius 3 is 2.39 bits per heavy atom. The highest BCUT2D eigenvalue weighted by atomic mass is 16.5. The number of aliphatic carboxylic acids is 1. The highest BCUT2D eigenvalue weighted by Gasteiger charge is 2.63. The van der Waals surface area contributed by atoms with Crippen molar-refractivity contribution in [1.29, 1.82) is 0 Å². The van der Waals surface area contributed by atoms with Gasteiger partial charge in [-0.25, -0.2) is 0 Å². The summed E-state index contributed by atoms with van der Waals surface area (Å²) in [5.74, 6) is 3.44. The summed E-state index contributed by atoms with van der Waals surface area (Å²) in [6.45, 7) is 11.3. The topological polar surface area (TPSA) is 63.6 Å². The first-order valence-corrected chi connectivity index (χ1v) is 12.9. The Labute approximate surface area is 188 Å². The first-order chi connectivity index (χ1) is 14.6. The molecule has 0 bridgehead atoms. The van der Waals surface area contributed by atoms with E-state index in [1.54, 1.807) is 6.92 Å². The molecule has 0 aromatic rings. The van der Waals surface area contributed by atoms with E-state index in [-0.39, 0.29) is 23.9 Å². The molecular formula is C27H44O4. The Hall–Kier alpha value is -1.06. The molecule has 0 radical (unpaired) electrons. The average molecular weight is 433 g/mol. The van der Waals surface area contributed by atoms with Gasteiger partial charge < -0.3 is 9.84 Å². The summed E-state index contributed by atoms with van der Waals surface area (Å²) < 4.78 is 6.10. The van der Waals surface area contributed by atoms with E-state index in [0.717, 1.165) is 18.8 Å². The SMILES string of the molecule is CC(=O)O[C@@H]1C[C@@H]2C[C@H](C)CC[C@]2(C)[C@H]2CC[C@]3(C)[C@@H]([C@H](C)CCC(=O)O)CC[C@H]3[C@H]12. The molecule has 4 nitrogen and oxygen atoms in total. The Morgan fingerprint density at radius 2 is 1.71 bits per heavy atom. The van der Waals surface area contributed by atoms with Crippen LogP contribution in [0, 0.1) is 52.3 Å². The standard InChI is InChI=1S/C27H44O4/c1-16-10-12-26(4)19(14-16)15-23(31-18(3)28)25-21-8-7-20(17(2)6-9-24(29)30)27(21,5)13-11-22(25)26/h16-17,19-23,25H,6-15H2,1-5H3,(H,29,30)/t16-,17-,19+,20-,21+,22+,23-,25+,26+,27-/m1/s1. The maximum Gasteiger partial charge on any atom is 0.303 e. The third kappa shape index (κ3) is 3.95. The fourth-order valence-electron chi connectivity index (χ4n) is 9.28. The lowest BCUT2D eigenvalue weighted by Gasteiger charge is -2.63. The zero-order valence-electron chi connectivity index (χ0n) is 20.4. The van der Waals surface area contributed by atoms with Gasteiger partial charge in [0.25, 0.3) is 0 Å². The molecule has 4 heteroatoms. The molecule has 0 saturated heterocycles. The Morgan fingerprint density at radius 1 is 1.03 bits per heavy atom. The van der Waals surface area contributed by atoms with Crippen molar-refractivity contribution in [2.45, 2.75) is 105 Å². The van der Waals surface area contributed by atoms with E-state index in [2.05, 4.69) is 27.7 Å². The number of esters is 1. The fourth-order valence-corrected chi connectivity index (χ4v) is 9.28. The number of hydrogen-bond donors (Lipinski definition) is 1. The molecule has 1 N–H and O–H groups in total. The highest BCUT2D eigenvalue weighted by Crippen LogP contribution is 2.69. The van der Waals surface area contributed by atoms with Crippen LogP contribution in [0.25, 0.3) is 0 Å². The van der Waals surface area contributed by atoms with Crippen molar-refractivity contribution in [1.82, 2.24) is 0 Å². The molecule has 0 aliphatic heterocycles. The largest absolute Gasteiger partial charge is 0.481 e. The minimum atomic E-state index is -0.678. The molecule has 4 rings (SSSR count). The maximum absolute atomic E-state index is 12.1. The van der Waals surface area contributed by atoms with Crippen molar-refractivity contribution in [3.63, 3.8) is 0 Å². The smallest absolute Gasteiger partial charge is 0.303 e. The fraction of sp³-hybridized carbons (Fsp3) is 0.926. The van der Waals surface area contributed by atoms with E-state index in [9.17, 15) is 14.7 Å². The summed E-state index contributed by atoms with van der Waals surface area (Å²) >= 11 is 0. The van der Waals surface area contributed by atoms with E-state index in [1.165, 1.54) is 44.9 Å². The molecule has 4 fully saturated rings. The lowest BCUT2D eigenvalue weighted by Crippen LogP contribution is -2.59. The zero-order valence-corrected chi connectivity index (χ0v) is 20.4. The van der Waals surface area contributed by atoms with Crippen molar-refractivity contribution in [2.75, 3.05) is 0 Å². The van der Waals surface area contributed by atoms with Gasteiger partial charge in [0.1, 0.15) is 6.10 Å². The Balaban J connectivity index is 1.62. The van der Waals surface area contributed by atoms with Crippen LogP contribution in [0.4, 0.5) is 0 Å². The second-order valence-corrected chi connectivity index (χ2v) is 12.4. The zero-order chi connectivity index (χ0) is 22.6. The quantitative estimate of drug-likeness (QED) is 0.516. The number of carboxylic acids is 1. The maximum atomic E-state index is 12.1. The van der Waals surface area contributed by atoms with Crippen LogP contribution in [0.5, 0.6) is 0 Å². The van der Waals surface area contributed by atoms with Gasteiger partial charge in [-0.3, -0.25) is 9.59 Å². The van der Waals surface area contributed by atoms with Crippen LogP contribution in [0.1, 0.15) is 98.8 Å². The highest BCUT2D eigenvalue weighted by molar-refractivity contribution is 5.66. The minimum Gasteiger partial charge on any atom is -0.481 e. The van der Waals surface area contributed by atoms with Gasteiger partial charge in [0.15, 0.2) is 0 Å². The van der Waals surface area contributed by atoms with Crippen LogP contribution >= 0.6 is 0 Å². The second kappa shape index (κ2) is 8.37. The van der Waals surface area contributed by atoms with E-state index in [0.29, 0.717) is 40.9 Å². The number of ether oxygens (including phenoxy) is 1. The molecule has 0 heterocycles. The number of rotatable bonds is 5. The number of carbonyl (C=O) groups excluding carboxylic acids is 1. The van der Waals surface area contributed by atoms with Gasteiger partial charge in [-0.1, -0.05) is 34.1 Å². The molecule has 176 valence electrons. The van der Waals surface area contributed by atoms with E-state index in [4.69, 9.17) is 4.74 Å². The predicted molar refractivity (Wildman–Crippen MR) is 121 cm³/mol. The molecule has 10 atom stereocenters. The minimum absolute atomic E-state index is 0.0728. The third-order valence-electron chi connectivity index (χ3n) is 10.8. The van der Waals surface area contributed by atoms with Gasteiger partial charge in [0.2, 0.25) is 0 Å². The number of fused-ring (bicyclic) bond motifs is 5. The van der Waals surface area contributed by atoms with E-state index >= 15 is 0 Å². The van der Waals surface area contributed by atoms with E-state index in [1.807, 2.05) is 0 Å². The van der Waals surface area contributed by atoms with Crippen LogP contribution in [-0.4, -0.2) is 23.1 Å². The molecular weight excluding hydrogens is 388 g/mol. The summed E-state index contributed by atoms with van der Waals surface area (Å²) in [6, 6.07) is 0. The summed E-state index contributed by atoms with van der Waals surface area (Å²) in [6.07, 6.45) is 11.1. The summed E-state index contributed by atoms with van der Waals surface area (Å²) in [7, 11) is 0. The predicted octanol–water partition coefficient (Wildman–Crippen LogP) is 6.32. The lowest BCUT2D eigenvalue weighted by atomic mass is 9.43. The molecule has 0 aromatic carbocycles. The van der Waals surface area contributed by atoms with Crippen molar-refractivity contribution in [3.8, 4) is 0 Å². The van der Waals surface area contributed by atoms with Crippen molar-refractivity contribution in [2.24, 2.45) is 52.3 Å². The molecule has 31 heavy (non-hydrogen) atoms. The van der Waals surface area contributed by atoms with E-state index < -0.39 is 5.97 Å². The van der Waals surface area contributed by atoms with Gasteiger partial charge in [0.05, 0.1) is 0 Å². The van der Waals surface area contributed by atoms with Gasteiger partial charge in [-0.15, -0.1) is 0 Å². The van der Waals surface area contributed by atoms with Gasteiger partial charge >= 0.3 is 11.9 Å². The number of carbonyl (C=O) groups is 2. The van der Waals surface area contributed by atoms with Crippen LogP contribution in [0.15, 0.2) is 0 Å². The molecule has 0 spiro atoms. The molecule has 0 amide bonds. The molecule has 0 aromatic heterocycles. The van der Waals surface area contributed by atoms with Crippen molar-refractivity contribution in [3.05, 3.63) is 0 Å². The van der Waals surface area contributed by atoms with Gasteiger partial charge in [-0.2, -0.15) is 0 Å². The molecule has 4 aliphatic carbocycles. The first-order valence-electron chi connectivity index (χ1n) is 12.9. The monoisotopic (exact) mass is 432 g/mol. The molecule has 4 aliphatic rings. The van der Waals surface area contributed by atoms with Crippen LogP contribution in [0.2, 0.25) is 0 Å². The van der Waals surface area contributed by atoms with Crippen LogP contribution in [0.3, 0.4) is 0 Å². The second-order valence-electron chi connectivity index (χ2n) is 12.4. The summed E-state index contributed by atoms with van der Waals surface area (Å²) in [5.41, 5.74) is 0.644. The Kier molecular flexibility index (Phi) is 6.24. The lowest BCUT2D eigenvalue weighted by molar-refractivity contribution is -0.191. The van der Waals surface area contributed by atoms with Gasteiger partial charge in [-0.05, 0) is 97.7 Å². The normalized spacial score (nSPS) is 47.6. The van der Waals surface area contributed by atoms with Crippen LogP contribution < -0.4 is 0 Å². The average Bonchev–Trinajstić information content (AvgIpc) is 3.04. The molecule has 0 unspecified atom stereocenters. The first kappa shape index (κ1) is 23.1. The van der Waals surface area contributed by atoms with Crippen molar-refractivity contribution >= 4 is 11.9 Å².